The molecule has 1 saturated heterocycles. The van der Waals surface area contributed by atoms with Gasteiger partial charge in [0.25, 0.3) is 0 Å². The van der Waals surface area contributed by atoms with E-state index >= 15 is 0 Å². The molecule has 112 valence electrons. The summed E-state index contributed by atoms with van der Waals surface area (Å²) in [7, 11) is 1.62. The van der Waals surface area contributed by atoms with Gasteiger partial charge < -0.3 is 14.6 Å². The summed E-state index contributed by atoms with van der Waals surface area (Å²) in [4.78, 5) is 2.35. The highest BCUT2D eigenvalue weighted by molar-refractivity contribution is 5.39. The Bertz CT molecular complexity index is 410. The number of ether oxygens (including phenoxy) is 2. The number of para-hydroxylation sites is 2. The molecule has 1 aliphatic heterocycles. The summed E-state index contributed by atoms with van der Waals surface area (Å²) < 4.78 is 10.9. The minimum Gasteiger partial charge on any atom is -0.493 e. The van der Waals surface area contributed by atoms with Crippen LogP contribution in [0.15, 0.2) is 24.3 Å². The average molecular weight is 279 g/mol. The van der Waals surface area contributed by atoms with Crippen molar-refractivity contribution in [2.45, 2.75) is 38.3 Å². The van der Waals surface area contributed by atoms with E-state index in [1.165, 1.54) is 19.3 Å². The molecular formula is C16H25NO3. The zero-order valence-corrected chi connectivity index (χ0v) is 12.4. The third-order valence-corrected chi connectivity index (χ3v) is 3.89. The zero-order valence-electron chi connectivity index (χ0n) is 12.4. The Hall–Kier alpha value is -1.26. The van der Waals surface area contributed by atoms with Crippen molar-refractivity contribution in [1.29, 1.82) is 0 Å². The first-order valence-corrected chi connectivity index (χ1v) is 7.38. The molecule has 1 heterocycles. The van der Waals surface area contributed by atoms with Crippen molar-refractivity contribution in [3.63, 3.8) is 0 Å². The van der Waals surface area contributed by atoms with Crippen LogP contribution in [0.4, 0.5) is 0 Å². The van der Waals surface area contributed by atoms with Gasteiger partial charge >= 0.3 is 0 Å². The molecule has 1 aromatic carbocycles. The number of hydrogen-bond acceptors (Lipinski definition) is 4. The quantitative estimate of drug-likeness (QED) is 0.867. The molecule has 0 spiro atoms. The minimum absolute atomic E-state index is 0.295. The number of methoxy groups -OCH3 is 1. The maximum absolute atomic E-state index is 10.1. The number of aliphatic hydroxyl groups excluding tert-OH is 1. The van der Waals surface area contributed by atoms with E-state index in [-0.39, 0.29) is 0 Å². The minimum atomic E-state index is -0.472. The Morgan fingerprint density at radius 1 is 1.30 bits per heavy atom. The standard InChI is InChI=1S/C16H25NO3/c1-13-7-5-6-10-17(13)11-14(18)12-20-16-9-4-3-8-15(16)19-2/h3-4,8-9,13-14,18H,5-7,10-12H2,1-2H3/t13-,14-/m1/s1. The Kier molecular flexibility index (Phi) is 5.68. The highest BCUT2D eigenvalue weighted by Gasteiger charge is 2.21. The van der Waals surface area contributed by atoms with Gasteiger partial charge in [-0.15, -0.1) is 0 Å². The summed E-state index contributed by atoms with van der Waals surface area (Å²) in [6.45, 7) is 4.28. The molecule has 4 nitrogen and oxygen atoms in total. The molecule has 0 aliphatic carbocycles. The van der Waals surface area contributed by atoms with Crippen LogP contribution in [0.25, 0.3) is 0 Å². The van der Waals surface area contributed by atoms with E-state index in [1.807, 2.05) is 24.3 Å². The topological polar surface area (TPSA) is 41.9 Å². The lowest BCUT2D eigenvalue weighted by Crippen LogP contribution is -2.43. The lowest BCUT2D eigenvalue weighted by Gasteiger charge is -2.34. The predicted octanol–water partition coefficient (Wildman–Crippen LogP) is 2.31. The van der Waals surface area contributed by atoms with Crippen molar-refractivity contribution in [3.8, 4) is 11.5 Å². The number of aliphatic hydroxyl groups is 1. The van der Waals surface area contributed by atoms with Gasteiger partial charge in [-0.3, -0.25) is 4.90 Å². The second kappa shape index (κ2) is 7.50. The Morgan fingerprint density at radius 2 is 2.05 bits per heavy atom. The molecule has 1 N–H and O–H groups in total. The van der Waals surface area contributed by atoms with Crippen molar-refractivity contribution in [1.82, 2.24) is 4.90 Å². The van der Waals surface area contributed by atoms with Crippen LogP contribution in [0.1, 0.15) is 26.2 Å². The summed E-state index contributed by atoms with van der Waals surface area (Å²) in [6, 6.07) is 8.07. The fourth-order valence-electron chi connectivity index (χ4n) is 2.68. The molecule has 1 fully saturated rings. The molecule has 2 rings (SSSR count). The van der Waals surface area contributed by atoms with Gasteiger partial charge in [-0.2, -0.15) is 0 Å². The fourth-order valence-corrected chi connectivity index (χ4v) is 2.68. The van der Waals surface area contributed by atoms with Crippen molar-refractivity contribution in [2.24, 2.45) is 0 Å². The molecule has 0 saturated carbocycles. The number of rotatable bonds is 6. The van der Waals surface area contributed by atoms with Crippen LogP contribution >= 0.6 is 0 Å². The fraction of sp³-hybridized carbons (Fsp3) is 0.625. The van der Waals surface area contributed by atoms with E-state index in [4.69, 9.17) is 9.47 Å². The lowest BCUT2D eigenvalue weighted by molar-refractivity contribution is 0.0431. The molecule has 0 radical (unpaired) electrons. The highest BCUT2D eigenvalue weighted by atomic mass is 16.5. The van der Waals surface area contributed by atoms with Crippen LogP contribution in [0.2, 0.25) is 0 Å². The number of likely N-dealkylation sites (tertiary alicyclic amines) is 1. The first-order chi connectivity index (χ1) is 9.70. The van der Waals surface area contributed by atoms with E-state index in [1.54, 1.807) is 7.11 Å². The normalized spacial score (nSPS) is 21.4. The summed E-state index contributed by atoms with van der Waals surface area (Å²) in [5, 5.41) is 10.1. The third kappa shape index (κ3) is 4.12. The van der Waals surface area contributed by atoms with Gasteiger partial charge in [0.15, 0.2) is 11.5 Å². The van der Waals surface area contributed by atoms with Crippen LogP contribution in [0, 0.1) is 0 Å². The maximum atomic E-state index is 10.1. The van der Waals surface area contributed by atoms with Crippen molar-refractivity contribution < 1.29 is 14.6 Å². The van der Waals surface area contributed by atoms with Crippen LogP contribution in [0.5, 0.6) is 11.5 Å². The van der Waals surface area contributed by atoms with E-state index in [2.05, 4.69) is 11.8 Å². The van der Waals surface area contributed by atoms with E-state index in [0.29, 0.717) is 30.7 Å². The smallest absolute Gasteiger partial charge is 0.161 e. The van der Waals surface area contributed by atoms with Crippen LogP contribution in [-0.4, -0.2) is 49.0 Å². The number of piperidine rings is 1. The molecule has 1 aliphatic rings. The second-order valence-corrected chi connectivity index (χ2v) is 5.46. The Balaban J connectivity index is 1.81. The second-order valence-electron chi connectivity index (χ2n) is 5.46. The maximum Gasteiger partial charge on any atom is 0.161 e. The molecule has 20 heavy (non-hydrogen) atoms. The molecule has 1 aromatic rings. The van der Waals surface area contributed by atoms with Gasteiger partial charge in [-0.1, -0.05) is 18.6 Å². The molecule has 0 amide bonds. The lowest BCUT2D eigenvalue weighted by atomic mass is 10.0. The predicted molar refractivity (Wildman–Crippen MR) is 79.4 cm³/mol. The molecular weight excluding hydrogens is 254 g/mol. The zero-order chi connectivity index (χ0) is 14.4. The summed E-state index contributed by atoms with van der Waals surface area (Å²) >= 11 is 0. The van der Waals surface area contributed by atoms with E-state index in [0.717, 1.165) is 6.54 Å². The van der Waals surface area contributed by atoms with Crippen molar-refractivity contribution in [3.05, 3.63) is 24.3 Å². The van der Waals surface area contributed by atoms with E-state index in [9.17, 15) is 5.11 Å². The number of nitrogens with zero attached hydrogens (tertiary/aromatic N) is 1. The average Bonchev–Trinajstić information content (AvgIpc) is 2.48. The number of hydrogen-bond donors (Lipinski definition) is 1. The Labute approximate surface area is 121 Å². The van der Waals surface area contributed by atoms with Gasteiger partial charge in [0, 0.05) is 12.6 Å². The van der Waals surface area contributed by atoms with E-state index < -0.39 is 6.10 Å². The first kappa shape index (κ1) is 15.1. The molecule has 0 unspecified atom stereocenters. The molecule has 0 aromatic heterocycles. The summed E-state index contributed by atoms with van der Waals surface area (Å²) in [5.41, 5.74) is 0. The van der Waals surface area contributed by atoms with Crippen LogP contribution in [0.3, 0.4) is 0 Å². The molecule has 0 bridgehead atoms. The van der Waals surface area contributed by atoms with Gasteiger partial charge in [0.1, 0.15) is 12.7 Å². The number of benzene rings is 1. The SMILES string of the molecule is COc1ccccc1OC[C@H](O)CN1CCCC[C@H]1C. The summed E-state index contributed by atoms with van der Waals surface area (Å²) in [6.07, 6.45) is 3.27. The van der Waals surface area contributed by atoms with Crippen molar-refractivity contribution in [2.75, 3.05) is 26.8 Å². The van der Waals surface area contributed by atoms with Gasteiger partial charge in [-0.05, 0) is 38.4 Å². The monoisotopic (exact) mass is 279 g/mol. The highest BCUT2D eigenvalue weighted by Crippen LogP contribution is 2.26. The van der Waals surface area contributed by atoms with Gasteiger partial charge in [-0.25, -0.2) is 0 Å². The van der Waals surface area contributed by atoms with Crippen LogP contribution in [-0.2, 0) is 0 Å². The number of β-amino-alcohol motifs (C(OH)–C–C–N with tert-alkyl or cyclic N) is 1. The van der Waals surface area contributed by atoms with Crippen molar-refractivity contribution >= 4 is 0 Å². The third-order valence-electron chi connectivity index (χ3n) is 3.89. The Morgan fingerprint density at radius 3 is 2.75 bits per heavy atom. The summed E-state index contributed by atoms with van der Waals surface area (Å²) in [5.74, 6) is 1.38. The molecule has 4 heteroatoms. The van der Waals surface area contributed by atoms with Gasteiger partial charge in [0.2, 0.25) is 0 Å². The molecule has 2 atom stereocenters. The van der Waals surface area contributed by atoms with Gasteiger partial charge in [0.05, 0.1) is 7.11 Å². The largest absolute Gasteiger partial charge is 0.493 e. The first-order valence-electron chi connectivity index (χ1n) is 7.38. The van der Waals surface area contributed by atoms with Crippen LogP contribution < -0.4 is 9.47 Å².